The molecule has 7 aliphatic rings. The fraction of sp³-hybridized carbons (Fsp3) is 0.286. The predicted octanol–water partition coefficient (Wildman–Crippen LogP) is 22.1. The molecule has 0 spiro atoms. The van der Waals surface area contributed by atoms with Crippen LogP contribution in [0, 0.1) is 21.7 Å². The Balaban J connectivity index is 0.686. The first kappa shape index (κ1) is 69.4. The summed E-state index contributed by atoms with van der Waals surface area (Å²) in [7, 11) is 0. The minimum absolute atomic E-state index is 0.0310. The molecule has 10 heteroatoms. The maximum atomic E-state index is 6.73. The van der Waals surface area contributed by atoms with Gasteiger partial charge in [0.15, 0.2) is 0 Å². The van der Waals surface area contributed by atoms with Gasteiger partial charge in [-0.25, -0.2) is 0 Å². The van der Waals surface area contributed by atoms with Crippen LogP contribution in [0.25, 0.3) is 33.4 Å². The van der Waals surface area contributed by atoms with Gasteiger partial charge in [-0.1, -0.05) is 204 Å². The van der Waals surface area contributed by atoms with Crippen molar-refractivity contribution >= 4 is 34.1 Å². The predicted molar refractivity (Wildman–Crippen MR) is 433 cm³/mol. The highest BCUT2D eigenvalue weighted by Crippen LogP contribution is 2.61. The number of para-hydroxylation sites is 2. The van der Waals surface area contributed by atoms with Gasteiger partial charge < -0.3 is 47.7 Å². The summed E-state index contributed by atoms with van der Waals surface area (Å²) in [6.45, 7) is 17.4. The summed E-state index contributed by atoms with van der Waals surface area (Å²) in [4.78, 5) is 4.81. The molecule has 0 amide bonds. The van der Waals surface area contributed by atoms with Crippen molar-refractivity contribution in [1.82, 2.24) is 0 Å². The largest absolute Gasteiger partial charge is 0.493 e. The zero-order chi connectivity index (χ0) is 72.9. The molecule has 544 valence electrons. The van der Waals surface area contributed by atoms with Crippen molar-refractivity contribution in [3.8, 4) is 50.6 Å². The summed E-state index contributed by atoms with van der Waals surface area (Å²) in [6.07, 6.45) is 11.9. The maximum absolute atomic E-state index is 6.73. The van der Waals surface area contributed by atoms with Crippen LogP contribution in [-0.2, 0) is 34.5 Å². The number of benzene rings is 11. The zero-order valence-corrected chi connectivity index (χ0v) is 62.4. The molecule has 3 aliphatic carbocycles. The van der Waals surface area contributed by atoms with Crippen LogP contribution in [0.2, 0.25) is 0 Å². The normalized spacial score (nSPS) is 19.5. The van der Waals surface area contributed by atoms with Crippen molar-refractivity contribution in [2.75, 3.05) is 89.1 Å². The minimum atomic E-state index is -0.703. The van der Waals surface area contributed by atoms with Crippen molar-refractivity contribution in [3.05, 3.63) is 330 Å². The lowest BCUT2D eigenvalue weighted by atomic mass is 9.66. The summed E-state index contributed by atoms with van der Waals surface area (Å²) in [5.74, 6) is 2.57. The van der Waals surface area contributed by atoms with Gasteiger partial charge in [-0.15, -0.1) is 0 Å². The van der Waals surface area contributed by atoms with E-state index in [1.54, 1.807) is 0 Å². The number of hydrogen-bond donors (Lipinski definition) is 0. The Morgan fingerprint density at radius 1 is 0.324 bits per heavy atom. The lowest BCUT2D eigenvalue weighted by Gasteiger charge is -2.41. The highest BCUT2D eigenvalue weighted by molar-refractivity contribution is 5.92. The molecule has 0 N–H and O–H groups in total. The molecule has 0 bridgehead atoms. The summed E-state index contributed by atoms with van der Waals surface area (Å²) >= 11 is 0. The Labute approximate surface area is 636 Å². The number of nitrogens with zero attached hydrogens (tertiary/aromatic N) is 2. The van der Waals surface area contributed by atoms with Crippen molar-refractivity contribution in [2.24, 2.45) is 21.7 Å². The Morgan fingerprint density at radius 2 is 0.657 bits per heavy atom. The smallest absolute Gasteiger partial charge is 0.119 e. The molecule has 4 fully saturated rings. The molecule has 0 saturated carbocycles. The third kappa shape index (κ3) is 12.2. The van der Waals surface area contributed by atoms with E-state index in [0.29, 0.717) is 26.4 Å². The molecule has 18 rings (SSSR count). The Hall–Kier alpha value is -10.3. The molecule has 4 saturated heterocycles. The second kappa shape index (κ2) is 28.7. The molecule has 11 aromatic rings. The van der Waals surface area contributed by atoms with Gasteiger partial charge in [0.1, 0.15) is 17.2 Å². The van der Waals surface area contributed by atoms with Gasteiger partial charge >= 0.3 is 0 Å². The van der Waals surface area contributed by atoms with Crippen LogP contribution in [-0.4, -0.2) is 85.4 Å². The highest BCUT2D eigenvalue weighted by Gasteiger charge is 2.50. The molecule has 2 unspecified atom stereocenters. The number of anilines is 6. The Kier molecular flexibility index (Phi) is 18.4. The molecule has 108 heavy (non-hydrogen) atoms. The summed E-state index contributed by atoms with van der Waals surface area (Å²) < 4.78 is 49.3. The standard InChI is InChI=1S/C98H94N2O8/c1-5-93(57-101-58-93)65-105-81-45-31-71(32-46-81)97(72-33-47-82(48-34-72)106-66-94(6-2)59-102-60-94)89-25-17-15-23-85(89)87-53-43-79(55-91(87)97)99(75-19-11-9-12-20-75)77-39-27-69(28-40-77)70-29-41-78(42-30-70)100(76-21-13-10-14-22-76)80-44-54-88-86-24-16-18-26-90(86)98(92(88)56-80,73-35-49-83(50-36-73)107-67-95(7-3)61-103-62-95)74-37-51-84(52-38-74)108-68-96(8-4)63-104-64-96/h9-51,53-56,84H,5-8,52,57-68H2,1-4H3. The monoisotopic (exact) mass is 1430 g/mol. The number of allylic oxidation sites excluding steroid dienone is 2. The number of ether oxygens (including phenoxy) is 8. The van der Waals surface area contributed by atoms with E-state index in [1.807, 2.05) is 0 Å². The third-order valence-electron chi connectivity index (χ3n) is 25.0. The maximum Gasteiger partial charge on any atom is 0.119 e. The second-order valence-corrected chi connectivity index (χ2v) is 31.4. The van der Waals surface area contributed by atoms with E-state index >= 15 is 0 Å². The van der Waals surface area contributed by atoms with Gasteiger partial charge in [0.25, 0.3) is 0 Å². The molecule has 2 atom stereocenters. The second-order valence-electron chi connectivity index (χ2n) is 31.4. The number of fused-ring (bicyclic) bond motifs is 6. The topological polar surface area (TPSA) is 80.3 Å². The molecule has 0 aromatic heterocycles. The van der Waals surface area contributed by atoms with Gasteiger partial charge in [0.2, 0.25) is 0 Å². The van der Waals surface area contributed by atoms with Gasteiger partial charge in [-0.05, 0) is 219 Å². The van der Waals surface area contributed by atoms with Crippen LogP contribution in [0.3, 0.4) is 0 Å². The molecular formula is C98H94N2O8. The highest BCUT2D eigenvalue weighted by atomic mass is 16.5. The number of hydrogen-bond acceptors (Lipinski definition) is 10. The summed E-state index contributed by atoms with van der Waals surface area (Å²) in [5.41, 5.74) is 22.0. The third-order valence-corrected chi connectivity index (χ3v) is 25.0. The van der Waals surface area contributed by atoms with E-state index in [4.69, 9.17) is 37.9 Å². The molecule has 0 radical (unpaired) electrons. The molecular weight excluding hydrogens is 1330 g/mol. The van der Waals surface area contributed by atoms with Crippen LogP contribution in [0.4, 0.5) is 34.1 Å². The van der Waals surface area contributed by atoms with Gasteiger partial charge in [-0.3, -0.25) is 0 Å². The first-order valence-electron chi connectivity index (χ1n) is 39.0. The van der Waals surface area contributed by atoms with Gasteiger partial charge in [0, 0.05) is 39.5 Å². The molecule has 4 aliphatic heterocycles. The minimum Gasteiger partial charge on any atom is -0.493 e. The van der Waals surface area contributed by atoms with E-state index in [1.165, 1.54) is 55.6 Å². The van der Waals surface area contributed by atoms with E-state index < -0.39 is 10.8 Å². The summed E-state index contributed by atoms with van der Waals surface area (Å²) in [6, 6.07) is 98.7. The zero-order valence-electron chi connectivity index (χ0n) is 62.4. The fourth-order valence-corrected chi connectivity index (χ4v) is 17.6. The Morgan fingerprint density at radius 3 is 1.03 bits per heavy atom. The van der Waals surface area contributed by atoms with Crippen molar-refractivity contribution in [2.45, 2.75) is 76.7 Å². The van der Waals surface area contributed by atoms with E-state index in [-0.39, 0.29) is 27.8 Å². The van der Waals surface area contributed by atoms with Gasteiger partial charge in [0.05, 0.1) is 112 Å². The van der Waals surface area contributed by atoms with Crippen LogP contribution in [0.15, 0.2) is 291 Å². The SMILES string of the molecule is CCC1(COc2ccc(C3(C4=CCC(OCC5(CC)COC5)C=C4)c4ccccc4-c4ccc(N(c5ccccc5)c5ccc(-c6ccc(N(c7ccccc7)c7ccc8c(c7)C(c7ccc(OCC9(CC)COC9)cc7)(c7ccc(OCC9(CC)COC9)cc7)c7ccccc7-8)cc6)cc5)cc43)cc2)COC1. The van der Waals surface area contributed by atoms with Crippen LogP contribution in [0.1, 0.15) is 98.7 Å². The van der Waals surface area contributed by atoms with Crippen molar-refractivity contribution in [1.29, 1.82) is 0 Å². The molecule has 11 aromatic carbocycles. The van der Waals surface area contributed by atoms with Gasteiger partial charge in [-0.2, -0.15) is 0 Å². The quantitative estimate of drug-likeness (QED) is 0.0497. The lowest BCUT2D eigenvalue weighted by Crippen LogP contribution is -2.46. The van der Waals surface area contributed by atoms with Crippen LogP contribution >= 0.6 is 0 Å². The van der Waals surface area contributed by atoms with E-state index in [9.17, 15) is 0 Å². The summed E-state index contributed by atoms with van der Waals surface area (Å²) in [5, 5.41) is 0. The van der Waals surface area contributed by atoms with Crippen LogP contribution < -0.4 is 24.0 Å². The Bertz CT molecular complexity index is 5010. The number of rotatable bonds is 27. The fourth-order valence-electron chi connectivity index (χ4n) is 17.6. The van der Waals surface area contributed by atoms with Crippen molar-refractivity contribution in [3.63, 3.8) is 0 Å². The molecule has 4 heterocycles. The first-order chi connectivity index (χ1) is 53.1. The average Bonchev–Trinajstić information content (AvgIpc) is 1.54. The van der Waals surface area contributed by atoms with E-state index in [2.05, 4.69) is 323 Å². The van der Waals surface area contributed by atoms with Crippen molar-refractivity contribution < 1.29 is 37.9 Å². The first-order valence-corrected chi connectivity index (χ1v) is 39.0. The average molecular weight is 1430 g/mol. The van der Waals surface area contributed by atoms with E-state index in [0.717, 1.165) is 159 Å². The van der Waals surface area contributed by atoms with Crippen LogP contribution in [0.5, 0.6) is 17.2 Å². The molecule has 10 nitrogen and oxygen atoms in total. The lowest BCUT2D eigenvalue weighted by molar-refractivity contribution is -0.156.